The van der Waals surface area contributed by atoms with Crippen LogP contribution in [0.15, 0.2) is 72.8 Å². The summed E-state index contributed by atoms with van der Waals surface area (Å²) in [5, 5.41) is 5.94. The number of carbonyl (C=O) groups excluding carboxylic acids is 2. The van der Waals surface area contributed by atoms with Crippen molar-refractivity contribution in [3.8, 4) is 5.75 Å². The van der Waals surface area contributed by atoms with Crippen molar-refractivity contribution in [3.05, 3.63) is 88.9 Å². The van der Waals surface area contributed by atoms with E-state index in [0.29, 0.717) is 39.9 Å². The molecule has 0 aliphatic rings. The normalized spacial score (nSPS) is 10.2. The first-order chi connectivity index (χ1) is 13.6. The number of ether oxygens (including phenoxy) is 1. The highest BCUT2D eigenvalue weighted by Crippen LogP contribution is 2.26. The molecular weight excluding hydrogens is 376 g/mol. The third kappa shape index (κ3) is 4.90. The van der Waals surface area contributed by atoms with Crippen LogP contribution in [0.3, 0.4) is 0 Å². The second-order valence-corrected chi connectivity index (χ2v) is 6.33. The Morgan fingerprint density at radius 3 is 2.18 bits per heavy atom. The standard InChI is InChI=1S/C22H19ClN2O3/c1-2-28-18-11-8-16(9-12-18)21(26)24-17-10-13-19(23)20(14-17)25-22(27)15-6-4-3-5-7-15/h3-14H,2H2,1H3,(H,24,26)(H,25,27). The first-order valence-corrected chi connectivity index (χ1v) is 9.15. The van der Waals surface area contributed by atoms with E-state index < -0.39 is 0 Å². The first kappa shape index (κ1) is 19.5. The largest absolute Gasteiger partial charge is 0.494 e. The SMILES string of the molecule is CCOc1ccc(C(=O)Nc2ccc(Cl)c(NC(=O)c3ccccc3)c2)cc1. The zero-order valence-corrected chi connectivity index (χ0v) is 16.0. The molecule has 0 unspecified atom stereocenters. The van der Waals surface area contributed by atoms with Crippen LogP contribution in [0.5, 0.6) is 5.75 Å². The number of hydrogen-bond acceptors (Lipinski definition) is 3. The molecule has 0 atom stereocenters. The van der Waals surface area contributed by atoms with Gasteiger partial charge in [-0.25, -0.2) is 0 Å². The van der Waals surface area contributed by atoms with E-state index in [4.69, 9.17) is 16.3 Å². The van der Waals surface area contributed by atoms with E-state index in [1.807, 2.05) is 13.0 Å². The van der Waals surface area contributed by atoms with Crippen LogP contribution in [0, 0.1) is 0 Å². The molecule has 0 spiro atoms. The predicted molar refractivity (Wildman–Crippen MR) is 111 cm³/mol. The van der Waals surface area contributed by atoms with Gasteiger partial charge in [0.25, 0.3) is 11.8 Å². The van der Waals surface area contributed by atoms with Crippen molar-refractivity contribution < 1.29 is 14.3 Å². The summed E-state index contributed by atoms with van der Waals surface area (Å²) in [4.78, 5) is 24.8. The lowest BCUT2D eigenvalue weighted by atomic mass is 10.2. The summed E-state index contributed by atoms with van der Waals surface area (Å²) in [5.74, 6) is 0.152. The molecule has 3 aromatic carbocycles. The van der Waals surface area contributed by atoms with Gasteiger partial charge in [0.1, 0.15) is 5.75 Å². The van der Waals surface area contributed by atoms with Gasteiger partial charge in [0.05, 0.1) is 17.3 Å². The summed E-state index contributed by atoms with van der Waals surface area (Å²) in [6, 6.07) is 20.6. The van der Waals surface area contributed by atoms with Crippen LogP contribution < -0.4 is 15.4 Å². The van der Waals surface area contributed by atoms with E-state index in [-0.39, 0.29) is 11.8 Å². The van der Waals surface area contributed by atoms with E-state index >= 15 is 0 Å². The van der Waals surface area contributed by atoms with Gasteiger partial charge >= 0.3 is 0 Å². The van der Waals surface area contributed by atoms with Gasteiger partial charge in [0, 0.05) is 16.8 Å². The summed E-state index contributed by atoms with van der Waals surface area (Å²) < 4.78 is 5.37. The van der Waals surface area contributed by atoms with Gasteiger partial charge in [-0.15, -0.1) is 0 Å². The van der Waals surface area contributed by atoms with Crippen molar-refractivity contribution in [2.45, 2.75) is 6.92 Å². The van der Waals surface area contributed by atoms with Crippen molar-refractivity contribution in [3.63, 3.8) is 0 Å². The summed E-state index contributed by atoms with van der Waals surface area (Å²) in [7, 11) is 0. The van der Waals surface area contributed by atoms with Gasteiger partial charge < -0.3 is 15.4 Å². The lowest BCUT2D eigenvalue weighted by Crippen LogP contribution is -2.14. The minimum Gasteiger partial charge on any atom is -0.494 e. The number of benzene rings is 3. The highest BCUT2D eigenvalue weighted by molar-refractivity contribution is 6.34. The fraction of sp³-hybridized carbons (Fsp3) is 0.0909. The highest BCUT2D eigenvalue weighted by Gasteiger charge is 2.11. The lowest BCUT2D eigenvalue weighted by molar-refractivity contribution is 0.101. The van der Waals surface area contributed by atoms with Gasteiger partial charge in [-0.3, -0.25) is 9.59 Å². The van der Waals surface area contributed by atoms with E-state index in [1.165, 1.54) is 0 Å². The van der Waals surface area contributed by atoms with E-state index in [2.05, 4.69) is 10.6 Å². The average molecular weight is 395 g/mol. The second-order valence-electron chi connectivity index (χ2n) is 5.93. The molecule has 0 radical (unpaired) electrons. The van der Waals surface area contributed by atoms with E-state index in [1.54, 1.807) is 66.7 Å². The minimum atomic E-state index is -0.280. The van der Waals surface area contributed by atoms with Crippen molar-refractivity contribution >= 4 is 34.8 Å². The molecule has 0 fully saturated rings. The summed E-state index contributed by atoms with van der Waals surface area (Å²) in [6.45, 7) is 2.46. The van der Waals surface area contributed by atoms with Gasteiger partial charge in [-0.1, -0.05) is 29.8 Å². The molecule has 0 bridgehead atoms. The maximum Gasteiger partial charge on any atom is 0.255 e. The Morgan fingerprint density at radius 2 is 1.50 bits per heavy atom. The molecule has 0 saturated carbocycles. The van der Waals surface area contributed by atoms with Crippen LogP contribution in [-0.4, -0.2) is 18.4 Å². The maximum atomic E-state index is 12.5. The van der Waals surface area contributed by atoms with Crippen LogP contribution in [0.4, 0.5) is 11.4 Å². The van der Waals surface area contributed by atoms with Crippen molar-refractivity contribution in [2.24, 2.45) is 0 Å². The molecular formula is C22H19ClN2O3. The van der Waals surface area contributed by atoms with Crippen LogP contribution >= 0.6 is 11.6 Å². The average Bonchev–Trinajstić information content (AvgIpc) is 2.72. The number of hydrogen-bond donors (Lipinski definition) is 2. The Balaban J connectivity index is 1.72. The third-order valence-electron chi connectivity index (χ3n) is 3.94. The summed E-state index contributed by atoms with van der Waals surface area (Å²) in [6.07, 6.45) is 0. The first-order valence-electron chi connectivity index (χ1n) is 8.77. The molecule has 0 aromatic heterocycles. The topological polar surface area (TPSA) is 67.4 Å². The molecule has 142 valence electrons. The molecule has 0 saturated heterocycles. The Hall–Kier alpha value is -3.31. The van der Waals surface area contributed by atoms with Crippen LogP contribution in [0.1, 0.15) is 27.6 Å². The quantitative estimate of drug-likeness (QED) is 0.600. The molecule has 3 aromatic rings. The monoisotopic (exact) mass is 394 g/mol. The highest BCUT2D eigenvalue weighted by atomic mass is 35.5. The maximum absolute atomic E-state index is 12.5. The number of amides is 2. The Labute approximate surface area is 168 Å². The predicted octanol–water partition coefficient (Wildman–Crippen LogP) is 5.24. The zero-order valence-electron chi connectivity index (χ0n) is 15.2. The van der Waals surface area contributed by atoms with E-state index in [9.17, 15) is 9.59 Å². The zero-order chi connectivity index (χ0) is 19.9. The van der Waals surface area contributed by atoms with E-state index in [0.717, 1.165) is 0 Å². The number of nitrogens with one attached hydrogen (secondary N) is 2. The van der Waals surface area contributed by atoms with Gasteiger partial charge in [0.15, 0.2) is 0 Å². The molecule has 5 nitrogen and oxygen atoms in total. The second kappa shape index (κ2) is 9.06. The lowest BCUT2D eigenvalue weighted by Gasteiger charge is -2.11. The minimum absolute atomic E-state index is 0.272. The van der Waals surface area contributed by atoms with Crippen LogP contribution in [0.25, 0.3) is 0 Å². The number of anilines is 2. The Morgan fingerprint density at radius 1 is 0.857 bits per heavy atom. The Kier molecular flexibility index (Phi) is 6.29. The molecule has 0 aliphatic heterocycles. The number of carbonyl (C=O) groups is 2. The molecule has 0 heterocycles. The molecule has 0 aliphatic carbocycles. The van der Waals surface area contributed by atoms with Crippen molar-refractivity contribution in [2.75, 3.05) is 17.2 Å². The van der Waals surface area contributed by atoms with Gasteiger partial charge in [0.2, 0.25) is 0 Å². The van der Waals surface area contributed by atoms with Gasteiger partial charge in [-0.05, 0) is 61.5 Å². The molecule has 6 heteroatoms. The smallest absolute Gasteiger partial charge is 0.255 e. The molecule has 3 rings (SSSR count). The van der Waals surface area contributed by atoms with Gasteiger partial charge in [-0.2, -0.15) is 0 Å². The molecule has 28 heavy (non-hydrogen) atoms. The fourth-order valence-corrected chi connectivity index (χ4v) is 2.72. The number of rotatable bonds is 6. The summed E-state index contributed by atoms with van der Waals surface area (Å²) in [5.41, 5.74) is 1.95. The number of halogens is 1. The summed E-state index contributed by atoms with van der Waals surface area (Å²) >= 11 is 6.19. The van der Waals surface area contributed by atoms with Crippen molar-refractivity contribution in [1.29, 1.82) is 0 Å². The van der Waals surface area contributed by atoms with Crippen molar-refractivity contribution in [1.82, 2.24) is 0 Å². The molecule has 2 N–H and O–H groups in total. The fourth-order valence-electron chi connectivity index (χ4n) is 2.56. The van der Waals surface area contributed by atoms with Crippen LogP contribution in [-0.2, 0) is 0 Å². The van der Waals surface area contributed by atoms with Crippen LogP contribution in [0.2, 0.25) is 5.02 Å². The third-order valence-corrected chi connectivity index (χ3v) is 4.27. The molecule has 2 amide bonds. The Bertz CT molecular complexity index is 973.